The standard InChI is InChI=1S/C32H34FN3O2/c1-5-35(6-2)24-17-13-21(14-18-24)30-29-26(19-32(3,4)20-28(29)37)34-25-9-7-8-10-27(25)36(30)31(38)22-11-15-23(33)16-12-22/h7-18,30,34H,5-6,19-20H2,1-4H3/t30-/m1/s1. The molecule has 1 amide bonds. The first-order chi connectivity index (χ1) is 18.2. The predicted molar refractivity (Wildman–Crippen MR) is 151 cm³/mol. The molecule has 0 saturated carbocycles. The topological polar surface area (TPSA) is 52.7 Å². The van der Waals surface area contributed by atoms with Crippen LogP contribution in [0.15, 0.2) is 84.1 Å². The van der Waals surface area contributed by atoms with E-state index in [1.54, 1.807) is 4.90 Å². The lowest BCUT2D eigenvalue weighted by molar-refractivity contribution is -0.118. The van der Waals surface area contributed by atoms with Gasteiger partial charge >= 0.3 is 0 Å². The maximum absolute atomic E-state index is 14.2. The molecule has 0 aromatic heterocycles. The highest BCUT2D eigenvalue weighted by atomic mass is 19.1. The number of carbonyl (C=O) groups is 2. The number of hydrogen-bond acceptors (Lipinski definition) is 4. The average molecular weight is 512 g/mol. The van der Waals surface area contributed by atoms with E-state index >= 15 is 0 Å². The second-order valence-electron chi connectivity index (χ2n) is 10.8. The van der Waals surface area contributed by atoms with Gasteiger partial charge in [-0.15, -0.1) is 0 Å². The minimum absolute atomic E-state index is 0.0336. The predicted octanol–water partition coefficient (Wildman–Crippen LogP) is 7.13. The average Bonchev–Trinajstić information content (AvgIpc) is 3.03. The van der Waals surface area contributed by atoms with Crippen molar-refractivity contribution >= 4 is 28.8 Å². The summed E-state index contributed by atoms with van der Waals surface area (Å²) in [7, 11) is 0. The van der Waals surface area contributed by atoms with Crippen molar-refractivity contribution < 1.29 is 14.0 Å². The number of fused-ring (bicyclic) bond motifs is 1. The van der Waals surface area contributed by atoms with Crippen molar-refractivity contribution in [3.8, 4) is 0 Å². The van der Waals surface area contributed by atoms with Gasteiger partial charge in [0.05, 0.1) is 17.4 Å². The molecule has 0 radical (unpaired) electrons. The Balaban J connectivity index is 1.74. The molecule has 5 nitrogen and oxygen atoms in total. The molecule has 0 fully saturated rings. The van der Waals surface area contributed by atoms with Gasteiger partial charge in [0.2, 0.25) is 0 Å². The number of anilines is 3. The van der Waals surface area contributed by atoms with E-state index in [0.29, 0.717) is 29.7 Å². The molecule has 1 heterocycles. The van der Waals surface area contributed by atoms with E-state index in [-0.39, 0.29) is 17.1 Å². The van der Waals surface area contributed by atoms with Gasteiger partial charge in [-0.2, -0.15) is 0 Å². The Morgan fingerprint density at radius 2 is 1.63 bits per heavy atom. The molecule has 196 valence electrons. The third-order valence-corrected chi connectivity index (χ3v) is 7.55. The normalized spacial score (nSPS) is 18.3. The molecule has 0 unspecified atom stereocenters. The molecule has 1 aliphatic heterocycles. The van der Waals surface area contributed by atoms with E-state index in [9.17, 15) is 14.0 Å². The Labute approximate surface area is 224 Å². The number of amides is 1. The smallest absolute Gasteiger partial charge is 0.259 e. The first kappa shape index (κ1) is 25.7. The molecule has 6 heteroatoms. The van der Waals surface area contributed by atoms with Gasteiger partial charge in [0.1, 0.15) is 5.82 Å². The zero-order valence-corrected chi connectivity index (χ0v) is 22.4. The third-order valence-electron chi connectivity index (χ3n) is 7.55. The lowest BCUT2D eigenvalue weighted by Gasteiger charge is -2.37. The van der Waals surface area contributed by atoms with Gasteiger partial charge in [-0.05, 0) is 79.8 Å². The summed E-state index contributed by atoms with van der Waals surface area (Å²) in [5.74, 6) is -0.660. The Morgan fingerprint density at radius 3 is 2.29 bits per heavy atom. The molecule has 38 heavy (non-hydrogen) atoms. The molecular weight excluding hydrogens is 477 g/mol. The van der Waals surface area contributed by atoms with Crippen molar-refractivity contribution in [1.82, 2.24) is 0 Å². The lowest BCUT2D eigenvalue weighted by Crippen LogP contribution is -2.39. The Hall–Kier alpha value is -3.93. The van der Waals surface area contributed by atoms with E-state index < -0.39 is 11.9 Å². The first-order valence-corrected chi connectivity index (χ1v) is 13.3. The fourth-order valence-electron chi connectivity index (χ4n) is 5.71. The van der Waals surface area contributed by atoms with Crippen LogP contribution in [0, 0.1) is 11.2 Å². The molecular formula is C32H34FN3O2. The highest BCUT2D eigenvalue weighted by Gasteiger charge is 2.43. The highest BCUT2D eigenvalue weighted by Crippen LogP contribution is 2.48. The van der Waals surface area contributed by atoms with E-state index in [2.05, 4.69) is 50.0 Å². The SMILES string of the molecule is CCN(CC)c1ccc([C@@H]2C3=C(CC(C)(C)CC3=O)Nc3ccccc3N2C(=O)c2ccc(F)cc2)cc1. The first-order valence-electron chi connectivity index (χ1n) is 13.3. The fraction of sp³-hybridized carbons (Fsp3) is 0.312. The number of rotatable bonds is 5. The largest absolute Gasteiger partial charge is 0.372 e. The number of hydrogen-bond donors (Lipinski definition) is 1. The second kappa shape index (κ2) is 10.1. The zero-order valence-electron chi connectivity index (χ0n) is 22.4. The van der Waals surface area contributed by atoms with E-state index in [1.165, 1.54) is 24.3 Å². The molecule has 1 atom stereocenters. The number of para-hydroxylation sites is 2. The molecule has 3 aromatic carbocycles. The minimum atomic E-state index is -0.631. The summed E-state index contributed by atoms with van der Waals surface area (Å²) in [6.07, 6.45) is 1.09. The van der Waals surface area contributed by atoms with Crippen molar-refractivity contribution in [3.63, 3.8) is 0 Å². The summed E-state index contributed by atoms with van der Waals surface area (Å²) in [6, 6.07) is 20.8. The highest BCUT2D eigenvalue weighted by molar-refractivity contribution is 6.12. The van der Waals surface area contributed by atoms with Crippen LogP contribution in [0.2, 0.25) is 0 Å². The van der Waals surface area contributed by atoms with Crippen molar-refractivity contribution in [2.24, 2.45) is 5.41 Å². The number of allylic oxidation sites excluding steroid dienone is 1. The quantitative estimate of drug-likeness (QED) is 0.396. The van der Waals surface area contributed by atoms with Crippen LogP contribution in [-0.4, -0.2) is 24.8 Å². The molecule has 3 aromatic rings. The summed E-state index contributed by atoms with van der Waals surface area (Å²) >= 11 is 0. The van der Waals surface area contributed by atoms with Gasteiger partial charge in [0.25, 0.3) is 5.91 Å². The van der Waals surface area contributed by atoms with Crippen LogP contribution in [0.5, 0.6) is 0 Å². The monoisotopic (exact) mass is 511 g/mol. The number of halogens is 1. The second-order valence-corrected chi connectivity index (χ2v) is 10.8. The molecule has 1 aliphatic carbocycles. The number of benzene rings is 3. The van der Waals surface area contributed by atoms with Crippen molar-refractivity contribution in [3.05, 3.63) is 101 Å². The van der Waals surface area contributed by atoms with Crippen LogP contribution in [0.1, 0.15) is 62.5 Å². The molecule has 5 rings (SSSR count). The van der Waals surface area contributed by atoms with Gasteiger partial charge in [-0.1, -0.05) is 38.1 Å². The third kappa shape index (κ3) is 4.71. The molecule has 0 spiro atoms. The number of nitrogens with one attached hydrogen (secondary N) is 1. The van der Waals surface area contributed by atoms with Crippen LogP contribution in [-0.2, 0) is 4.79 Å². The maximum Gasteiger partial charge on any atom is 0.259 e. The number of nitrogens with zero attached hydrogens (tertiary/aromatic N) is 2. The van der Waals surface area contributed by atoms with Crippen LogP contribution in [0.3, 0.4) is 0 Å². The van der Waals surface area contributed by atoms with Gasteiger partial charge in [-0.25, -0.2) is 4.39 Å². The maximum atomic E-state index is 14.2. The van der Waals surface area contributed by atoms with Crippen LogP contribution in [0.25, 0.3) is 0 Å². The van der Waals surface area contributed by atoms with Crippen LogP contribution in [0.4, 0.5) is 21.5 Å². The van der Waals surface area contributed by atoms with Gasteiger partial charge < -0.3 is 10.2 Å². The van der Waals surface area contributed by atoms with Crippen LogP contribution < -0.4 is 15.1 Å². The summed E-state index contributed by atoms with van der Waals surface area (Å²) in [6.45, 7) is 10.2. The van der Waals surface area contributed by atoms with Crippen molar-refractivity contribution in [2.45, 2.75) is 46.6 Å². The molecule has 0 bridgehead atoms. The molecule has 1 N–H and O–H groups in total. The van der Waals surface area contributed by atoms with E-state index in [0.717, 1.165) is 35.7 Å². The van der Waals surface area contributed by atoms with E-state index in [1.807, 2.05) is 36.4 Å². The Bertz CT molecular complexity index is 1390. The number of ketones is 1. The Kier molecular flexibility index (Phi) is 6.82. The van der Waals surface area contributed by atoms with Gasteiger partial charge in [0.15, 0.2) is 5.78 Å². The van der Waals surface area contributed by atoms with Gasteiger partial charge in [-0.3, -0.25) is 14.5 Å². The Morgan fingerprint density at radius 1 is 0.974 bits per heavy atom. The van der Waals surface area contributed by atoms with Gasteiger partial charge in [0, 0.05) is 42.0 Å². The zero-order chi connectivity index (χ0) is 27.0. The van der Waals surface area contributed by atoms with Crippen LogP contribution >= 0.6 is 0 Å². The minimum Gasteiger partial charge on any atom is -0.372 e. The molecule has 2 aliphatic rings. The number of carbonyl (C=O) groups excluding carboxylic acids is 2. The summed E-state index contributed by atoms with van der Waals surface area (Å²) in [5, 5.41) is 3.54. The molecule has 0 saturated heterocycles. The number of Topliss-reactive ketones (excluding diaryl/α,β-unsaturated/α-hetero) is 1. The summed E-state index contributed by atoms with van der Waals surface area (Å²) < 4.78 is 13.8. The fourth-order valence-corrected chi connectivity index (χ4v) is 5.71. The summed E-state index contributed by atoms with van der Waals surface area (Å²) in [5.41, 5.74) is 5.02. The lowest BCUT2D eigenvalue weighted by atomic mass is 9.73. The van der Waals surface area contributed by atoms with Crippen molar-refractivity contribution in [1.29, 1.82) is 0 Å². The van der Waals surface area contributed by atoms with Crippen molar-refractivity contribution in [2.75, 3.05) is 28.2 Å². The van der Waals surface area contributed by atoms with E-state index in [4.69, 9.17) is 0 Å². The summed E-state index contributed by atoms with van der Waals surface area (Å²) in [4.78, 5) is 32.0.